The second kappa shape index (κ2) is 9.34. The van der Waals surface area contributed by atoms with Gasteiger partial charge in [0.25, 0.3) is 0 Å². The third-order valence-corrected chi connectivity index (χ3v) is 4.96. The quantitative estimate of drug-likeness (QED) is 0.362. The SMILES string of the molecule is COc1cc2ncnc(Nc3ccc4occc4c3)c2cc1OCCCCCC(N)=O. The van der Waals surface area contributed by atoms with Gasteiger partial charge in [-0.2, -0.15) is 0 Å². The van der Waals surface area contributed by atoms with Crippen molar-refractivity contribution in [3.8, 4) is 11.5 Å². The molecule has 31 heavy (non-hydrogen) atoms. The molecule has 0 saturated heterocycles. The minimum Gasteiger partial charge on any atom is -0.493 e. The summed E-state index contributed by atoms with van der Waals surface area (Å²) in [5.41, 5.74) is 7.63. The van der Waals surface area contributed by atoms with Crippen LogP contribution in [0.2, 0.25) is 0 Å². The Morgan fingerprint density at radius 1 is 1.10 bits per heavy atom. The van der Waals surface area contributed by atoms with Crippen LogP contribution in [0, 0.1) is 0 Å². The van der Waals surface area contributed by atoms with Gasteiger partial charge in [0.2, 0.25) is 5.91 Å². The van der Waals surface area contributed by atoms with E-state index >= 15 is 0 Å². The van der Waals surface area contributed by atoms with Gasteiger partial charge in [0.15, 0.2) is 11.5 Å². The highest BCUT2D eigenvalue weighted by Crippen LogP contribution is 2.35. The summed E-state index contributed by atoms with van der Waals surface area (Å²) in [6, 6.07) is 11.5. The van der Waals surface area contributed by atoms with Gasteiger partial charge in [-0.3, -0.25) is 4.79 Å². The van der Waals surface area contributed by atoms with Crippen molar-refractivity contribution in [2.75, 3.05) is 19.0 Å². The van der Waals surface area contributed by atoms with Crippen LogP contribution in [-0.4, -0.2) is 29.6 Å². The minimum absolute atomic E-state index is 0.274. The monoisotopic (exact) mass is 420 g/mol. The summed E-state index contributed by atoms with van der Waals surface area (Å²) in [6.07, 6.45) is 6.02. The molecule has 0 fully saturated rings. The van der Waals surface area contributed by atoms with Crippen LogP contribution in [0.4, 0.5) is 11.5 Å². The molecule has 0 bridgehead atoms. The normalized spacial score (nSPS) is 11.0. The molecule has 2 aromatic carbocycles. The van der Waals surface area contributed by atoms with Gasteiger partial charge < -0.3 is 24.9 Å². The Bertz CT molecular complexity index is 1200. The number of benzene rings is 2. The molecular formula is C23H24N4O4. The largest absolute Gasteiger partial charge is 0.493 e. The number of methoxy groups -OCH3 is 1. The van der Waals surface area contributed by atoms with Crippen molar-refractivity contribution in [3.63, 3.8) is 0 Å². The third-order valence-electron chi connectivity index (χ3n) is 4.96. The second-order valence-corrected chi connectivity index (χ2v) is 7.17. The summed E-state index contributed by atoms with van der Waals surface area (Å²) < 4.78 is 16.8. The maximum atomic E-state index is 10.8. The lowest BCUT2D eigenvalue weighted by atomic mass is 10.2. The molecule has 8 heteroatoms. The van der Waals surface area contributed by atoms with E-state index in [2.05, 4.69) is 15.3 Å². The van der Waals surface area contributed by atoms with Crippen LogP contribution in [-0.2, 0) is 4.79 Å². The van der Waals surface area contributed by atoms with Crippen LogP contribution in [0.25, 0.3) is 21.9 Å². The fourth-order valence-corrected chi connectivity index (χ4v) is 3.38. The molecule has 0 aliphatic carbocycles. The Morgan fingerprint density at radius 2 is 2.00 bits per heavy atom. The molecule has 2 heterocycles. The number of hydrogen-bond acceptors (Lipinski definition) is 7. The number of furan rings is 1. The zero-order chi connectivity index (χ0) is 21.6. The summed E-state index contributed by atoms with van der Waals surface area (Å²) in [4.78, 5) is 19.6. The van der Waals surface area contributed by atoms with Crippen molar-refractivity contribution >= 4 is 39.3 Å². The lowest BCUT2D eigenvalue weighted by Gasteiger charge is -2.14. The van der Waals surface area contributed by atoms with Gasteiger partial charge in [-0.15, -0.1) is 0 Å². The van der Waals surface area contributed by atoms with Gasteiger partial charge in [-0.25, -0.2) is 9.97 Å². The van der Waals surface area contributed by atoms with Gasteiger partial charge in [-0.05, 0) is 49.6 Å². The zero-order valence-corrected chi connectivity index (χ0v) is 17.3. The first kappa shape index (κ1) is 20.5. The highest BCUT2D eigenvalue weighted by atomic mass is 16.5. The van der Waals surface area contributed by atoms with Crippen LogP contribution in [0.5, 0.6) is 11.5 Å². The number of fused-ring (bicyclic) bond motifs is 2. The van der Waals surface area contributed by atoms with Crippen LogP contribution in [0.15, 0.2) is 53.4 Å². The van der Waals surface area contributed by atoms with E-state index in [1.165, 1.54) is 6.33 Å². The number of hydrogen-bond donors (Lipinski definition) is 2. The maximum absolute atomic E-state index is 10.8. The molecule has 3 N–H and O–H groups in total. The number of carbonyl (C=O) groups excluding carboxylic acids is 1. The fraction of sp³-hybridized carbons (Fsp3) is 0.261. The van der Waals surface area contributed by atoms with E-state index in [9.17, 15) is 4.79 Å². The molecule has 2 aromatic heterocycles. The molecule has 0 radical (unpaired) electrons. The summed E-state index contributed by atoms with van der Waals surface area (Å²) in [5, 5.41) is 5.18. The number of nitrogens with two attached hydrogens (primary N) is 1. The predicted octanol–water partition coefficient (Wildman–Crippen LogP) is 4.55. The summed E-state index contributed by atoms with van der Waals surface area (Å²) in [6.45, 7) is 0.508. The molecule has 1 amide bonds. The van der Waals surface area contributed by atoms with Gasteiger partial charge in [0.1, 0.15) is 17.7 Å². The summed E-state index contributed by atoms with van der Waals surface area (Å²) in [7, 11) is 1.60. The lowest BCUT2D eigenvalue weighted by Crippen LogP contribution is -2.09. The van der Waals surface area contributed by atoms with E-state index in [4.69, 9.17) is 19.6 Å². The van der Waals surface area contributed by atoms with Crippen molar-refractivity contribution < 1.29 is 18.7 Å². The number of primary amides is 1. The van der Waals surface area contributed by atoms with Crippen molar-refractivity contribution in [2.24, 2.45) is 5.73 Å². The van der Waals surface area contributed by atoms with E-state index in [1.54, 1.807) is 13.4 Å². The van der Waals surface area contributed by atoms with Gasteiger partial charge in [0, 0.05) is 28.9 Å². The Hall–Kier alpha value is -3.81. The van der Waals surface area contributed by atoms with E-state index in [0.717, 1.165) is 46.8 Å². The highest BCUT2D eigenvalue weighted by Gasteiger charge is 2.12. The number of carbonyl (C=O) groups is 1. The van der Waals surface area contributed by atoms with Gasteiger partial charge in [-0.1, -0.05) is 0 Å². The van der Waals surface area contributed by atoms with Crippen LogP contribution >= 0.6 is 0 Å². The van der Waals surface area contributed by atoms with Gasteiger partial charge >= 0.3 is 0 Å². The number of ether oxygens (including phenoxy) is 2. The Balaban J connectivity index is 1.54. The summed E-state index contributed by atoms with van der Waals surface area (Å²) >= 11 is 0. The first-order chi connectivity index (χ1) is 15.1. The zero-order valence-electron chi connectivity index (χ0n) is 17.3. The number of aromatic nitrogens is 2. The number of unbranched alkanes of at least 4 members (excludes halogenated alkanes) is 2. The van der Waals surface area contributed by atoms with E-state index in [-0.39, 0.29) is 5.91 Å². The van der Waals surface area contributed by atoms with Crippen LogP contribution in [0.3, 0.4) is 0 Å². The molecule has 4 rings (SSSR count). The van der Waals surface area contributed by atoms with Crippen molar-refractivity contribution in [1.29, 1.82) is 0 Å². The third kappa shape index (κ3) is 4.85. The van der Waals surface area contributed by atoms with E-state index in [1.807, 2.05) is 36.4 Å². The van der Waals surface area contributed by atoms with Crippen molar-refractivity contribution in [3.05, 3.63) is 49.0 Å². The number of nitrogens with one attached hydrogen (secondary N) is 1. The first-order valence-corrected chi connectivity index (χ1v) is 10.1. The standard InChI is InChI=1S/C23H24N4O4/c1-29-20-13-18-17(12-21(20)30-9-4-2-3-5-22(24)28)23(26-14-25-18)27-16-6-7-19-15(11-16)8-10-31-19/h6-8,10-14H,2-5,9H2,1H3,(H2,24,28)(H,25,26,27). The van der Waals surface area contributed by atoms with Gasteiger partial charge in [0.05, 0.1) is 25.5 Å². The molecule has 4 aromatic rings. The topological polar surface area (TPSA) is 112 Å². The molecule has 0 saturated carbocycles. The number of amides is 1. The van der Waals surface area contributed by atoms with E-state index in [0.29, 0.717) is 30.3 Å². The van der Waals surface area contributed by atoms with Crippen molar-refractivity contribution in [2.45, 2.75) is 25.7 Å². The molecule has 0 spiro atoms. The molecule has 160 valence electrons. The molecular weight excluding hydrogens is 396 g/mol. The average molecular weight is 420 g/mol. The predicted molar refractivity (Wildman–Crippen MR) is 119 cm³/mol. The highest BCUT2D eigenvalue weighted by molar-refractivity contribution is 5.93. The molecule has 0 atom stereocenters. The van der Waals surface area contributed by atoms with E-state index < -0.39 is 0 Å². The molecule has 0 unspecified atom stereocenters. The maximum Gasteiger partial charge on any atom is 0.217 e. The first-order valence-electron chi connectivity index (χ1n) is 10.1. The number of rotatable bonds is 10. The van der Waals surface area contributed by atoms with Crippen molar-refractivity contribution in [1.82, 2.24) is 9.97 Å². The summed E-state index contributed by atoms with van der Waals surface area (Å²) in [5.74, 6) is 1.62. The number of anilines is 2. The smallest absolute Gasteiger partial charge is 0.217 e. The second-order valence-electron chi connectivity index (χ2n) is 7.17. The molecule has 8 nitrogen and oxygen atoms in total. The Labute approximate surface area is 179 Å². The van der Waals surface area contributed by atoms with Crippen LogP contribution < -0.4 is 20.5 Å². The Morgan fingerprint density at radius 3 is 2.84 bits per heavy atom. The Kier molecular flexibility index (Phi) is 6.16. The number of nitrogens with zero attached hydrogens (tertiary/aromatic N) is 2. The average Bonchev–Trinajstić information content (AvgIpc) is 3.23. The lowest BCUT2D eigenvalue weighted by molar-refractivity contribution is -0.118. The van der Waals surface area contributed by atoms with Crippen LogP contribution in [0.1, 0.15) is 25.7 Å². The molecule has 0 aliphatic heterocycles. The molecule has 0 aliphatic rings. The fourth-order valence-electron chi connectivity index (χ4n) is 3.38. The minimum atomic E-state index is -0.274.